The highest BCUT2D eigenvalue weighted by molar-refractivity contribution is 5.87. The fraction of sp³-hybridized carbons (Fsp3) is 0.556. The number of nitrogens with one attached hydrogen (secondary N) is 1. The zero-order valence-corrected chi connectivity index (χ0v) is 17.4. The number of halogens is 2. The van der Waals surface area contributed by atoms with Crippen molar-refractivity contribution in [2.24, 2.45) is 11.7 Å². The lowest BCUT2D eigenvalue weighted by atomic mass is 10.1. The van der Waals surface area contributed by atoms with Crippen molar-refractivity contribution in [3.63, 3.8) is 0 Å². The predicted octanol–water partition coefficient (Wildman–Crippen LogP) is 1.80. The van der Waals surface area contributed by atoms with E-state index in [0.717, 1.165) is 17.8 Å². The van der Waals surface area contributed by atoms with Crippen LogP contribution in [0.15, 0.2) is 24.3 Å². The smallest absolute Gasteiger partial charge is 0.242 e. The van der Waals surface area contributed by atoms with Gasteiger partial charge in [-0.25, -0.2) is 0 Å². The van der Waals surface area contributed by atoms with Gasteiger partial charge in [0.25, 0.3) is 0 Å². The van der Waals surface area contributed by atoms with Gasteiger partial charge in [-0.2, -0.15) is 0 Å². The molecular formula is C18H30Cl2N4O2. The third-order valence-corrected chi connectivity index (χ3v) is 4.57. The van der Waals surface area contributed by atoms with Gasteiger partial charge in [0.2, 0.25) is 11.8 Å². The second-order valence-corrected chi connectivity index (χ2v) is 6.87. The molecular weight excluding hydrogens is 375 g/mol. The van der Waals surface area contributed by atoms with Crippen LogP contribution in [0.2, 0.25) is 0 Å². The number of para-hydroxylation sites is 1. The van der Waals surface area contributed by atoms with Gasteiger partial charge in [0.1, 0.15) is 0 Å². The molecule has 0 saturated carbocycles. The van der Waals surface area contributed by atoms with Crippen molar-refractivity contribution in [1.29, 1.82) is 0 Å². The molecule has 26 heavy (non-hydrogen) atoms. The van der Waals surface area contributed by atoms with Crippen LogP contribution < -0.4 is 16.0 Å². The number of rotatable bonds is 4. The summed E-state index contributed by atoms with van der Waals surface area (Å²) in [7, 11) is 2.03. The van der Waals surface area contributed by atoms with Gasteiger partial charge in [0, 0.05) is 31.9 Å². The number of likely N-dealkylation sites (N-methyl/N-ethyl adjacent to an activating group) is 1. The maximum absolute atomic E-state index is 12.6. The Morgan fingerprint density at radius 1 is 1.27 bits per heavy atom. The molecule has 2 amide bonds. The van der Waals surface area contributed by atoms with E-state index in [0.29, 0.717) is 6.54 Å². The van der Waals surface area contributed by atoms with Crippen molar-refractivity contribution < 1.29 is 9.59 Å². The molecule has 0 spiro atoms. The van der Waals surface area contributed by atoms with Gasteiger partial charge >= 0.3 is 0 Å². The fourth-order valence-electron chi connectivity index (χ4n) is 2.97. The molecule has 6 nitrogen and oxygen atoms in total. The first-order valence-corrected chi connectivity index (χ1v) is 8.43. The maximum atomic E-state index is 12.6. The van der Waals surface area contributed by atoms with E-state index < -0.39 is 6.04 Å². The summed E-state index contributed by atoms with van der Waals surface area (Å²) in [5, 5.41) is 2.67. The molecule has 0 fully saturated rings. The third-order valence-electron chi connectivity index (χ3n) is 4.57. The minimum Gasteiger partial charge on any atom is -0.372 e. The standard InChI is InChI=1S/C18H28N4O2.2ClH/c1-12(2)17(19)18(24)20-9-16(23)22-11-14-7-5-6-8-15(14)21(4)10-13(22)3;;/h5-8,12-13,17H,9-11,19H2,1-4H3,(H,20,24);2*1H/t13?,17-;;/m0../s1. The third kappa shape index (κ3) is 5.76. The Morgan fingerprint density at radius 2 is 1.88 bits per heavy atom. The Hall–Kier alpha value is -1.50. The predicted molar refractivity (Wildman–Crippen MR) is 110 cm³/mol. The Bertz CT molecular complexity index is 613. The van der Waals surface area contributed by atoms with Crippen LogP contribution >= 0.6 is 24.8 Å². The van der Waals surface area contributed by atoms with Crippen molar-refractivity contribution in [3.05, 3.63) is 29.8 Å². The number of nitrogens with two attached hydrogens (primary N) is 1. The molecule has 1 unspecified atom stereocenters. The van der Waals surface area contributed by atoms with Gasteiger partial charge in [-0.3, -0.25) is 9.59 Å². The number of nitrogens with zero attached hydrogens (tertiary/aromatic N) is 2. The van der Waals surface area contributed by atoms with E-state index in [9.17, 15) is 9.59 Å². The molecule has 0 saturated heterocycles. The SMILES string of the molecule is CC(C)[C@H](N)C(=O)NCC(=O)N1Cc2ccccc2N(C)CC1C.Cl.Cl. The Morgan fingerprint density at radius 3 is 2.50 bits per heavy atom. The summed E-state index contributed by atoms with van der Waals surface area (Å²) in [5.74, 6) is -0.326. The van der Waals surface area contributed by atoms with E-state index >= 15 is 0 Å². The van der Waals surface area contributed by atoms with E-state index in [-0.39, 0.29) is 55.1 Å². The highest BCUT2D eigenvalue weighted by Gasteiger charge is 2.27. The molecule has 3 N–H and O–H groups in total. The second-order valence-electron chi connectivity index (χ2n) is 6.87. The highest BCUT2D eigenvalue weighted by atomic mass is 35.5. The van der Waals surface area contributed by atoms with E-state index in [4.69, 9.17) is 5.73 Å². The van der Waals surface area contributed by atoms with Gasteiger partial charge in [0.15, 0.2) is 0 Å². The normalized spacial score (nSPS) is 17.4. The first-order valence-electron chi connectivity index (χ1n) is 8.43. The van der Waals surface area contributed by atoms with Crippen LogP contribution in [-0.4, -0.2) is 48.9 Å². The molecule has 0 aliphatic carbocycles. The number of anilines is 1. The van der Waals surface area contributed by atoms with Crippen LogP contribution in [0.1, 0.15) is 26.3 Å². The van der Waals surface area contributed by atoms with Crippen LogP contribution in [0.3, 0.4) is 0 Å². The molecule has 1 aromatic rings. The summed E-state index contributed by atoms with van der Waals surface area (Å²) in [4.78, 5) is 28.6. The summed E-state index contributed by atoms with van der Waals surface area (Å²) < 4.78 is 0. The van der Waals surface area contributed by atoms with Crippen molar-refractivity contribution in [2.45, 2.75) is 39.4 Å². The first-order chi connectivity index (χ1) is 11.3. The van der Waals surface area contributed by atoms with Crippen LogP contribution in [0.5, 0.6) is 0 Å². The van der Waals surface area contributed by atoms with Crippen molar-refractivity contribution in [2.75, 3.05) is 25.0 Å². The summed E-state index contributed by atoms with van der Waals surface area (Å²) in [6, 6.07) is 7.56. The fourth-order valence-corrected chi connectivity index (χ4v) is 2.97. The molecule has 1 heterocycles. The highest BCUT2D eigenvalue weighted by Crippen LogP contribution is 2.25. The van der Waals surface area contributed by atoms with E-state index in [1.165, 1.54) is 0 Å². The number of hydrogen-bond donors (Lipinski definition) is 2. The molecule has 1 aliphatic rings. The lowest BCUT2D eigenvalue weighted by molar-refractivity contribution is -0.135. The van der Waals surface area contributed by atoms with Gasteiger partial charge in [-0.1, -0.05) is 32.0 Å². The molecule has 148 valence electrons. The minimum absolute atomic E-state index is 0. The van der Waals surface area contributed by atoms with Crippen LogP contribution in [-0.2, 0) is 16.1 Å². The number of carbonyl (C=O) groups excluding carboxylic acids is 2. The Labute approximate surface area is 168 Å². The van der Waals surface area contributed by atoms with Crippen molar-refractivity contribution >= 4 is 42.3 Å². The summed E-state index contributed by atoms with van der Waals surface area (Å²) in [6.07, 6.45) is 0. The summed E-state index contributed by atoms with van der Waals surface area (Å²) in [5.41, 5.74) is 8.07. The second kappa shape index (κ2) is 10.6. The van der Waals surface area contributed by atoms with Crippen LogP contribution in [0.25, 0.3) is 0 Å². The number of amides is 2. The van der Waals surface area contributed by atoms with Gasteiger partial charge in [-0.05, 0) is 24.5 Å². The van der Waals surface area contributed by atoms with Crippen LogP contribution in [0.4, 0.5) is 5.69 Å². The zero-order chi connectivity index (χ0) is 17.9. The molecule has 0 radical (unpaired) electrons. The summed E-state index contributed by atoms with van der Waals surface area (Å²) >= 11 is 0. The van der Waals surface area contributed by atoms with Gasteiger partial charge < -0.3 is 20.9 Å². The summed E-state index contributed by atoms with van der Waals surface area (Å²) in [6.45, 7) is 7.08. The monoisotopic (exact) mass is 404 g/mol. The number of carbonyl (C=O) groups is 2. The average molecular weight is 405 g/mol. The topological polar surface area (TPSA) is 78.7 Å². The van der Waals surface area contributed by atoms with Crippen molar-refractivity contribution in [1.82, 2.24) is 10.2 Å². The lowest BCUT2D eigenvalue weighted by Gasteiger charge is -2.29. The maximum Gasteiger partial charge on any atom is 0.242 e. The molecule has 0 aromatic heterocycles. The number of fused-ring (bicyclic) bond motifs is 1. The minimum atomic E-state index is -0.591. The Kier molecular flexibility index (Phi) is 9.99. The Balaban J connectivity index is 0.00000312. The quantitative estimate of drug-likeness (QED) is 0.801. The molecule has 8 heteroatoms. The van der Waals surface area contributed by atoms with Gasteiger partial charge in [-0.15, -0.1) is 24.8 Å². The van der Waals surface area contributed by atoms with Crippen molar-refractivity contribution in [3.8, 4) is 0 Å². The largest absolute Gasteiger partial charge is 0.372 e. The first kappa shape index (κ1) is 24.5. The van der Waals surface area contributed by atoms with E-state index in [1.54, 1.807) is 0 Å². The molecule has 1 aromatic carbocycles. The van der Waals surface area contributed by atoms with E-state index in [2.05, 4.69) is 16.3 Å². The van der Waals surface area contributed by atoms with E-state index in [1.807, 2.05) is 50.9 Å². The van der Waals surface area contributed by atoms with Crippen LogP contribution in [0, 0.1) is 5.92 Å². The number of hydrogen-bond acceptors (Lipinski definition) is 4. The lowest BCUT2D eigenvalue weighted by Crippen LogP contribution is -2.50. The molecule has 1 aliphatic heterocycles. The molecule has 2 atom stereocenters. The van der Waals surface area contributed by atoms with Gasteiger partial charge in [0.05, 0.1) is 12.6 Å². The number of benzene rings is 1. The molecule has 0 bridgehead atoms. The average Bonchev–Trinajstić information content (AvgIpc) is 2.68. The molecule has 2 rings (SSSR count). The zero-order valence-electron chi connectivity index (χ0n) is 15.8.